The van der Waals surface area contributed by atoms with Gasteiger partial charge in [0.15, 0.2) is 0 Å². The summed E-state index contributed by atoms with van der Waals surface area (Å²) in [6.45, 7) is 9.29. The van der Waals surface area contributed by atoms with Gasteiger partial charge in [-0.3, -0.25) is 4.79 Å². The highest BCUT2D eigenvalue weighted by atomic mass is 16.2. The number of hydrogen-bond donors (Lipinski definition) is 1. The maximum atomic E-state index is 12.1. The van der Waals surface area contributed by atoms with Gasteiger partial charge in [-0.1, -0.05) is 0 Å². The average molecular weight is 198 g/mol. The number of nitrogens with zero attached hydrogens (tertiary/aromatic N) is 1. The molecule has 0 saturated carbocycles. The largest absolute Gasteiger partial charge is 0.336 e. The van der Waals surface area contributed by atoms with Crippen LogP contribution in [-0.4, -0.2) is 35.5 Å². The van der Waals surface area contributed by atoms with E-state index in [1.165, 1.54) is 0 Å². The Morgan fingerprint density at radius 2 is 1.86 bits per heavy atom. The molecule has 0 unspecified atom stereocenters. The van der Waals surface area contributed by atoms with Crippen LogP contribution in [0.15, 0.2) is 0 Å². The number of nitrogens with one attached hydrogen (secondary N) is 1. The molecule has 0 aliphatic carbocycles. The molecule has 14 heavy (non-hydrogen) atoms. The molecule has 1 heterocycles. The zero-order valence-electron chi connectivity index (χ0n) is 9.71. The van der Waals surface area contributed by atoms with Crippen LogP contribution in [0.5, 0.6) is 0 Å². The van der Waals surface area contributed by atoms with Gasteiger partial charge in [0.25, 0.3) is 0 Å². The van der Waals surface area contributed by atoms with E-state index in [2.05, 4.69) is 33.0 Å². The molecule has 0 aromatic heterocycles. The molecule has 0 radical (unpaired) electrons. The Bertz CT molecular complexity index is 187. The summed E-state index contributed by atoms with van der Waals surface area (Å²) in [5.41, 5.74) is 0. The number of carbonyl (C=O) groups excluding carboxylic acids is 1. The van der Waals surface area contributed by atoms with Crippen LogP contribution in [0.2, 0.25) is 0 Å². The van der Waals surface area contributed by atoms with Crippen LogP contribution in [0.3, 0.4) is 0 Å². The Morgan fingerprint density at radius 1 is 1.29 bits per heavy atom. The first-order valence-electron chi connectivity index (χ1n) is 5.59. The summed E-state index contributed by atoms with van der Waals surface area (Å²) in [6.07, 6.45) is 2.12. The normalized spacial score (nSPS) is 22.0. The van der Waals surface area contributed by atoms with E-state index in [9.17, 15) is 4.79 Å². The summed E-state index contributed by atoms with van der Waals surface area (Å²) in [4.78, 5) is 14.1. The Labute approximate surface area is 86.9 Å². The van der Waals surface area contributed by atoms with E-state index in [1.54, 1.807) is 0 Å². The average Bonchev–Trinajstić information content (AvgIpc) is 2.53. The molecule has 1 aliphatic heterocycles. The van der Waals surface area contributed by atoms with Crippen molar-refractivity contribution in [2.75, 3.05) is 6.54 Å². The van der Waals surface area contributed by atoms with Crippen LogP contribution in [0, 0.1) is 0 Å². The van der Waals surface area contributed by atoms with Crippen molar-refractivity contribution >= 4 is 5.91 Å². The van der Waals surface area contributed by atoms with E-state index in [0.29, 0.717) is 12.1 Å². The van der Waals surface area contributed by atoms with Crippen molar-refractivity contribution in [3.63, 3.8) is 0 Å². The van der Waals surface area contributed by atoms with Crippen molar-refractivity contribution in [1.29, 1.82) is 0 Å². The van der Waals surface area contributed by atoms with Crippen molar-refractivity contribution in [2.24, 2.45) is 0 Å². The van der Waals surface area contributed by atoms with Crippen LogP contribution < -0.4 is 5.32 Å². The number of carbonyl (C=O) groups is 1. The van der Waals surface area contributed by atoms with Crippen molar-refractivity contribution in [3.8, 4) is 0 Å². The Hall–Kier alpha value is -0.570. The minimum Gasteiger partial charge on any atom is -0.336 e. The van der Waals surface area contributed by atoms with Crippen molar-refractivity contribution in [3.05, 3.63) is 0 Å². The monoisotopic (exact) mass is 198 g/mol. The van der Waals surface area contributed by atoms with Gasteiger partial charge < -0.3 is 10.2 Å². The van der Waals surface area contributed by atoms with Gasteiger partial charge in [0.1, 0.15) is 0 Å². The van der Waals surface area contributed by atoms with Gasteiger partial charge in [0.05, 0.1) is 6.04 Å². The zero-order valence-corrected chi connectivity index (χ0v) is 9.71. The van der Waals surface area contributed by atoms with Gasteiger partial charge in [0, 0.05) is 12.1 Å². The van der Waals surface area contributed by atoms with Gasteiger partial charge >= 0.3 is 0 Å². The standard InChI is InChI=1S/C11H22N2O/c1-8(2)13(9(3)4)11(14)10-6-5-7-12-10/h8-10,12H,5-7H2,1-4H3/t10-/m0/s1. The molecule has 0 aromatic rings. The SMILES string of the molecule is CC(C)N(C(=O)[C@@H]1CCCN1)C(C)C. The number of hydrogen-bond acceptors (Lipinski definition) is 2. The fourth-order valence-corrected chi connectivity index (χ4v) is 2.18. The second-order valence-electron chi connectivity index (χ2n) is 4.58. The van der Waals surface area contributed by atoms with Gasteiger partial charge in [-0.05, 0) is 47.1 Å². The molecule has 1 amide bonds. The summed E-state index contributed by atoms with van der Waals surface area (Å²) in [6, 6.07) is 0.662. The van der Waals surface area contributed by atoms with Crippen molar-refractivity contribution < 1.29 is 4.79 Å². The smallest absolute Gasteiger partial charge is 0.240 e. The summed E-state index contributed by atoms with van der Waals surface area (Å²) in [5.74, 6) is 0.271. The predicted octanol–water partition coefficient (Wildman–Crippen LogP) is 1.38. The maximum Gasteiger partial charge on any atom is 0.240 e. The van der Waals surface area contributed by atoms with Crippen LogP contribution in [0.25, 0.3) is 0 Å². The predicted molar refractivity (Wildman–Crippen MR) is 58.1 cm³/mol. The van der Waals surface area contributed by atoms with E-state index in [0.717, 1.165) is 19.4 Å². The molecular formula is C11H22N2O. The fraction of sp³-hybridized carbons (Fsp3) is 0.909. The van der Waals surface area contributed by atoms with Crippen molar-refractivity contribution in [1.82, 2.24) is 10.2 Å². The van der Waals surface area contributed by atoms with Crippen LogP contribution >= 0.6 is 0 Å². The van der Waals surface area contributed by atoms with Gasteiger partial charge in [-0.25, -0.2) is 0 Å². The van der Waals surface area contributed by atoms with Crippen molar-refractivity contribution in [2.45, 2.75) is 58.7 Å². The fourth-order valence-electron chi connectivity index (χ4n) is 2.18. The lowest BCUT2D eigenvalue weighted by Gasteiger charge is -2.33. The van der Waals surface area contributed by atoms with E-state index in [1.807, 2.05) is 4.90 Å². The van der Waals surface area contributed by atoms with E-state index in [-0.39, 0.29) is 11.9 Å². The highest BCUT2D eigenvalue weighted by Crippen LogP contribution is 2.13. The third-order valence-electron chi connectivity index (χ3n) is 2.73. The number of rotatable bonds is 3. The Kier molecular flexibility index (Phi) is 3.93. The summed E-state index contributed by atoms with van der Waals surface area (Å²) in [7, 11) is 0. The second-order valence-corrected chi connectivity index (χ2v) is 4.58. The molecule has 1 rings (SSSR count). The molecule has 1 saturated heterocycles. The molecule has 1 aliphatic rings. The molecule has 3 heteroatoms. The van der Waals surface area contributed by atoms with E-state index in [4.69, 9.17) is 0 Å². The molecule has 1 fully saturated rings. The molecule has 82 valence electrons. The first-order chi connectivity index (χ1) is 6.54. The highest BCUT2D eigenvalue weighted by molar-refractivity contribution is 5.82. The van der Waals surface area contributed by atoms with Gasteiger partial charge in [0.2, 0.25) is 5.91 Å². The minimum absolute atomic E-state index is 0.0693. The molecular weight excluding hydrogens is 176 g/mol. The minimum atomic E-state index is 0.0693. The summed E-state index contributed by atoms with van der Waals surface area (Å²) in [5, 5.41) is 3.26. The second kappa shape index (κ2) is 4.78. The molecule has 0 spiro atoms. The Morgan fingerprint density at radius 3 is 2.21 bits per heavy atom. The summed E-state index contributed by atoms with van der Waals surface area (Å²) >= 11 is 0. The van der Waals surface area contributed by atoms with Gasteiger partial charge in [-0.15, -0.1) is 0 Å². The molecule has 0 bridgehead atoms. The maximum absolute atomic E-state index is 12.1. The van der Waals surface area contributed by atoms with Gasteiger partial charge in [-0.2, -0.15) is 0 Å². The molecule has 1 atom stereocenters. The zero-order chi connectivity index (χ0) is 10.7. The van der Waals surface area contributed by atoms with E-state index >= 15 is 0 Å². The first kappa shape index (κ1) is 11.5. The third-order valence-corrected chi connectivity index (χ3v) is 2.73. The van der Waals surface area contributed by atoms with Crippen LogP contribution in [0.4, 0.5) is 0 Å². The van der Waals surface area contributed by atoms with Crippen LogP contribution in [-0.2, 0) is 4.79 Å². The quantitative estimate of drug-likeness (QED) is 0.743. The highest BCUT2D eigenvalue weighted by Gasteiger charge is 2.29. The lowest BCUT2D eigenvalue weighted by Crippen LogP contribution is -2.49. The molecule has 1 N–H and O–H groups in total. The first-order valence-corrected chi connectivity index (χ1v) is 5.59. The lowest BCUT2D eigenvalue weighted by molar-refractivity contribution is -0.136. The summed E-state index contributed by atoms with van der Waals surface area (Å²) < 4.78 is 0. The molecule has 0 aromatic carbocycles. The topological polar surface area (TPSA) is 32.3 Å². The third kappa shape index (κ3) is 2.47. The van der Waals surface area contributed by atoms with E-state index < -0.39 is 0 Å². The lowest BCUT2D eigenvalue weighted by atomic mass is 10.1. The van der Waals surface area contributed by atoms with Crippen LogP contribution in [0.1, 0.15) is 40.5 Å². The Balaban J connectivity index is 2.62. The number of amides is 1. The molecule has 3 nitrogen and oxygen atoms in total.